The molecule has 1 aromatic carbocycles. The Morgan fingerprint density at radius 3 is 2.70 bits per heavy atom. The zero-order valence-electron chi connectivity index (χ0n) is 12.2. The predicted molar refractivity (Wildman–Crippen MR) is 90.4 cm³/mol. The topological polar surface area (TPSA) is 15.3 Å². The second kappa shape index (κ2) is 8.23. The fourth-order valence-corrected chi connectivity index (χ4v) is 3.60. The average molecular weight is 317 g/mol. The van der Waals surface area contributed by atoms with Crippen LogP contribution in [-0.2, 0) is 12.8 Å². The molecule has 1 atom stereocenters. The molecule has 0 bridgehead atoms. The van der Waals surface area contributed by atoms with Crippen molar-refractivity contribution in [2.45, 2.75) is 38.6 Å². The van der Waals surface area contributed by atoms with Crippen LogP contribution in [0.1, 0.15) is 42.5 Å². The molecule has 3 rings (SSSR count). The van der Waals surface area contributed by atoms with Crippen molar-refractivity contribution in [3.8, 4) is 0 Å². The summed E-state index contributed by atoms with van der Waals surface area (Å²) in [6.07, 6.45) is 5.16. The molecule has 0 saturated carbocycles. The lowest BCUT2D eigenvalue weighted by Crippen LogP contribution is -2.36. The normalized spacial score (nSPS) is 19.9. The maximum absolute atomic E-state index is 3.43. The van der Waals surface area contributed by atoms with Crippen LogP contribution in [0.2, 0.25) is 0 Å². The van der Waals surface area contributed by atoms with Crippen LogP contribution in [0, 0.1) is 0 Å². The van der Waals surface area contributed by atoms with Gasteiger partial charge in [0.15, 0.2) is 0 Å². The van der Waals surface area contributed by atoms with Crippen molar-refractivity contribution in [1.29, 1.82) is 0 Å². The molecule has 1 unspecified atom stereocenters. The van der Waals surface area contributed by atoms with E-state index >= 15 is 0 Å². The smallest absolute Gasteiger partial charge is 0.0356 e. The molecule has 0 spiro atoms. The zero-order chi connectivity index (χ0) is 12.4. The molecule has 1 N–H and O–H groups in total. The first-order chi connectivity index (χ1) is 8.90. The zero-order valence-corrected chi connectivity index (χ0v) is 13.9. The van der Waals surface area contributed by atoms with Crippen LogP contribution in [0.4, 0.5) is 0 Å². The summed E-state index contributed by atoms with van der Waals surface area (Å²) >= 11 is 0. The number of nitrogens with one attached hydrogen (secondary N) is 1. The number of hydrogen-bond acceptors (Lipinski definition) is 2. The van der Waals surface area contributed by atoms with Crippen LogP contribution in [0.25, 0.3) is 0 Å². The van der Waals surface area contributed by atoms with E-state index in [0.717, 1.165) is 19.1 Å². The van der Waals surface area contributed by atoms with Gasteiger partial charge in [-0.25, -0.2) is 0 Å². The monoisotopic (exact) mass is 316 g/mol. The van der Waals surface area contributed by atoms with Gasteiger partial charge in [-0.2, -0.15) is 0 Å². The minimum Gasteiger partial charge on any atom is -0.317 e. The summed E-state index contributed by atoms with van der Waals surface area (Å²) in [7, 11) is 0. The molecule has 0 radical (unpaired) electrons. The third-order valence-corrected chi connectivity index (χ3v) is 4.47. The standard InChI is InChI=1S/C16H24N2.2ClH/c1-2-17-10-4-11-18-12-9-14-6-3-5-13-7-8-15(18)16(13)14;;/h3,5-6,15,17H,2,4,7-12H2,1H3;2*1H. The highest BCUT2D eigenvalue weighted by atomic mass is 35.5. The highest BCUT2D eigenvalue weighted by Gasteiger charge is 2.32. The maximum Gasteiger partial charge on any atom is 0.0356 e. The molecule has 1 heterocycles. The molecular formula is C16H26Cl2N2. The Morgan fingerprint density at radius 1 is 1.20 bits per heavy atom. The molecule has 2 nitrogen and oxygen atoms in total. The number of aryl methyl sites for hydroxylation is 1. The molecule has 1 aliphatic carbocycles. The van der Waals surface area contributed by atoms with Crippen molar-refractivity contribution in [1.82, 2.24) is 10.2 Å². The molecule has 1 aromatic rings. The highest BCUT2D eigenvalue weighted by Crippen LogP contribution is 2.40. The number of halogens is 2. The Labute approximate surface area is 135 Å². The van der Waals surface area contributed by atoms with Gasteiger partial charge < -0.3 is 5.32 Å². The molecular weight excluding hydrogens is 291 g/mol. The molecule has 114 valence electrons. The van der Waals surface area contributed by atoms with Crippen LogP contribution in [0.15, 0.2) is 18.2 Å². The average Bonchev–Trinajstić information content (AvgIpc) is 2.83. The van der Waals surface area contributed by atoms with E-state index in [-0.39, 0.29) is 24.8 Å². The summed E-state index contributed by atoms with van der Waals surface area (Å²) < 4.78 is 0. The molecule has 0 saturated heterocycles. The molecule has 1 aliphatic heterocycles. The minimum absolute atomic E-state index is 0. The van der Waals surface area contributed by atoms with Crippen molar-refractivity contribution in [3.63, 3.8) is 0 Å². The van der Waals surface area contributed by atoms with Crippen LogP contribution in [0.5, 0.6) is 0 Å². The molecule has 2 aliphatic rings. The van der Waals surface area contributed by atoms with Gasteiger partial charge >= 0.3 is 0 Å². The summed E-state index contributed by atoms with van der Waals surface area (Å²) in [6, 6.07) is 7.65. The Balaban J connectivity index is 0.000001000. The van der Waals surface area contributed by atoms with Gasteiger partial charge in [-0.1, -0.05) is 25.1 Å². The van der Waals surface area contributed by atoms with E-state index in [1.807, 2.05) is 0 Å². The van der Waals surface area contributed by atoms with Crippen molar-refractivity contribution in [3.05, 3.63) is 34.9 Å². The van der Waals surface area contributed by atoms with E-state index in [1.165, 1.54) is 38.8 Å². The molecule has 0 amide bonds. The summed E-state index contributed by atoms with van der Waals surface area (Å²) in [5, 5.41) is 3.43. The van der Waals surface area contributed by atoms with Crippen molar-refractivity contribution in [2.75, 3.05) is 26.2 Å². The van der Waals surface area contributed by atoms with Gasteiger partial charge in [-0.05, 0) is 62.0 Å². The fraction of sp³-hybridized carbons (Fsp3) is 0.625. The van der Waals surface area contributed by atoms with Gasteiger partial charge in [0.05, 0.1) is 0 Å². The summed E-state index contributed by atoms with van der Waals surface area (Å²) in [5.74, 6) is 0. The largest absolute Gasteiger partial charge is 0.317 e. The summed E-state index contributed by atoms with van der Waals surface area (Å²) in [5.41, 5.74) is 4.93. The maximum atomic E-state index is 3.43. The Bertz CT molecular complexity index is 423. The highest BCUT2D eigenvalue weighted by molar-refractivity contribution is 5.85. The van der Waals surface area contributed by atoms with E-state index in [0.29, 0.717) is 0 Å². The first-order valence-electron chi connectivity index (χ1n) is 7.45. The van der Waals surface area contributed by atoms with Crippen molar-refractivity contribution >= 4 is 24.8 Å². The molecule has 0 aromatic heterocycles. The SMILES string of the molecule is CCNCCCN1CCc2cccc3c2C1CC3.Cl.Cl. The fourth-order valence-electron chi connectivity index (χ4n) is 3.60. The lowest BCUT2D eigenvalue weighted by atomic mass is 9.93. The lowest BCUT2D eigenvalue weighted by Gasteiger charge is -2.35. The number of nitrogens with zero attached hydrogens (tertiary/aromatic N) is 1. The van der Waals surface area contributed by atoms with Gasteiger partial charge in [0.2, 0.25) is 0 Å². The van der Waals surface area contributed by atoms with Crippen LogP contribution < -0.4 is 5.32 Å². The van der Waals surface area contributed by atoms with Gasteiger partial charge in [0.25, 0.3) is 0 Å². The second-order valence-corrected chi connectivity index (χ2v) is 5.54. The van der Waals surface area contributed by atoms with Gasteiger partial charge in [0.1, 0.15) is 0 Å². The minimum atomic E-state index is 0. The van der Waals surface area contributed by atoms with Crippen molar-refractivity contribution in [2.24, 2.45) is 0 Å². The Kier molecular flexibility index (Phi) is 7.32. The second-order valence-electron chi connectivity index (χ2n) is 5.54. The van der Waals surface area contributed by atoms with Crippen LogP contribution >= 0.6 is 24.8 Å². The number of rotatable bonds is 5. The number of benzene rings is 1. The molecule has 0 fully saturated rings. The number of hydrogen-bond donors (Lipinski definition) is 1. The van der Waals surface area contributed by atoms with E-state index in [2.05, 4.69) is 35.3 Å². The molecule has 4 heteroatoms. The van der Waals surface area contributed by atoms with Crippen LogP contribution in [-0.4, -0.2) is 31.1 Å². The van der Waals surface area contributed by atoms with Crippen LogP contribution in [0.3, 0.4) is 0 Å². The molecule has 20 heavy (non-hydrogen) atoms. The third kappa shape index (κ3) is 3.48. The van der Waals surface area contributed by atoms with E-state index in [4.69, 9.17) is 0 Å². The van der Waals surface area contributed by atoms with Crippen molar-refractivity contribution < 1.29 is 0 Å². The quantitative estimate of drug-likeness (QED) is 0.838. The van der Waals surface area contributed by atoms with Gasteiger partial charge in [-0.3, -0.25) is 4.90 Å². The summed E-state index contributed by atoms with van der Waals surface area (Å²) in [6.45, 7) is 6.95. The Morgan fingerprint density at radius 2 is 1.95 bits per heavy atom. The van der Waals surface area contributed by atoms with Gasteiger partial charge in [-0.15, -0.1) is 24.8 Å². The summed E-state index contributed by atoms with van der Waals surface area (Å²) in [4.78, 5) is 2.72. The van der Waals surface area contributed by atoms with E-state index < -0.39 is 0 Å². The Hall–Kier alpha value is -0.280. The predicted octanol–water partition coefficient (Wildman–Crippen LogP) is 3.38. The first kappa shape index (κ1) is 17.8. The van der Waals surface area contributed by atoms with Gasteiger partial charge in [0, 0.05) is 12.6 Å². The first-order valence-corrected chi connectivity index (χ1v) is 7.45. The third-order valence-electron chi connectivity index (χ3n) is 4.47. The van der Waals surface area contributed by atoms with E-state index in [1.54, 1.807) is 16.7 Å². The lowest BCUT2D eigenvalue weighted by molar-refractivity contribution is 0.183. The van der Waals surface area contributed by atoms with E-state index in [9.17, 15) is 0 Å².